The number of ether oxygens (including phenoxy) is 1. The van der Waals surface area contributed by atoms with Crippen LogP contribution in [0.3, 0.4) is 0 Å². The van der Waals surface area contributed by atoms with Gasteiger partial charge in [-0.1, -0.05) is 91.0 Å². The second-order valence-electron chi connectivity index (χ2n) is 11.9. The first-order valence-electron chi connectivity index (χ1n) is 16.2. The average Bonchev–Trinajstić information content (AvgIpc) is 3.11. The number of benzene rings is 3. The molecule has 1 saturated heterocycles. The molecule has 0 amide bonds. The van der Waals surface area contributed by atoms with Crippen LogP contribution in [0.1, 0.15) is 41.3 Å². The summed E-state index contributed by atoms with van der Waals surface area (Å²) in [7, 11) is 0. The third kappa shape index (κ3) is 7.91. The normalized spacial score (nSPS) is 18.5. The minimum atomic E-state index is -3.80. The van der Waals surface area contributed by atoms with Crippen molar-refractivity contribution in [3.63, 3.8) is 0 Å². The number of aromatic nitrogens is 2. The highest BCUT2D eigenvalue weighted by Crippen LogP contribution is 2.56. The third-order valence-electron chi connectivity index (χ3n) is 8.65. The summed E-state index contributed by atoms with van der Waals surface area (Å²) >= 11 is 6.64. The summed E-state index contributed by atoms with van der Waals surface area (Å²) in [6.45, 7) is -0.0934. The fourth-order valence-electron chi connectivity index (χ4n) is 6.38. The van der Waals surface area contributed by atoms with Crippen molar-refractivity contribution < 1.29 is 13.8 Å². The van der Waals surface area contributed by atoms with E-state index in [1.54, 1.807) is 11.6 Å². The summed E-state index contributed by atoms with van der Waals surface area (Å²) < 4.78 is 29.4. The topological polar surface area (TPSA) is 149 Å². The van der Waals surface area contributed by atoms with E-state index >= 15 is 0 Å². The van der Waals surface area contributed by atoms with E-state index in [0.717, 1.165) is 16.7 Å². The summed E-state index contributed by atoms with van der Waals surface area (Å²) in [6, 6.07) is 30.5. The van der Waals surface area contributed by atoms with Gasteiger partial charge in [-0.3, -0.25) is 23.8 Å². The fraction of sp³-hybridized carbons (Fsp3) is 0.371. The molecule has 48 heavy (non-hydrogen) atoms. The molecule has 3 unspecified atom stereocenters. The first-order chi connectivity index (χ1) is 23.2. The maximum atomic E-state index is 13.8. The van der Waals surface area contributed by atoms with Crippen molar-refractivity contribution in [3.05, 3.63) is 140 Å². The molecule has 0 saturated carbocycles. The van der Waals surface area contributed by atoms with Gasteiger partial charge in [0, 0.05) is 37.9 Å². The Morgan fingerprint density at radius 2 is 1.40 bits per heavy atom. The minimum Gasteiger partial charge on any atom is -0.350 e. The standard InChI is InChI=1S/C35H44ClN6O5P/c1-27-23-42(34(44)39-33(27)43)32-25-40(24-31(47-32)26-46-48(36,45)41(21-11-19-37)22-12-20-38)35(28-13-5-2-6-14-28,29-15-7-3-8-16-29)30-17-9-4-10-18-30/h2-10,13-18,23,31-32H,11-12,19-22,24-26,37-38H2,1H3,(H,39,43,44). The average molecular weight is 695 g/mol. The minimum absolute atomic E-state index is 0.124. The Bertz CT molecular complexity index is 1670. The number of aromatic amines is 1. The Kier molecular flexibility index (Phi) is 12.2. The van der Waals surface area contributed by atoms with Crippen LogP contribution >= 0.6 is 18.1 Å². The first kappa shape index (κ1) is 35.9. The number of nitrogens with zero attached hydrogens (tertiary/aromatic N) is 3. The maximum absolute atomic E-state index is 13.8. The zero-order valence-electron chi connectivity index (χ0n) is 27.1. The molecule has 5 N–H and O–H groups in total. The number of hydrogen-bond acceptors (Lipinski definition) is 8. The lowest BCUT2D eigenvalue weighted by molar-refractivity contribution is -0.148. The van der Waals surface area contributed by atoms with Gasteiger partial charge >= 0.3 is 12.6 Å². The van der Waals surface area contributed by atoms with E-state index in [0.29, 0.717) is 51.1 Å². The van der Waals surface area contributed by atoms with Crippen molar-refractivity contribution in [1.29, 1.82) is 0 Å². The van der Waals surface area contributed by atoms with Crippen LogP contribution in [0, 0.1) is 6.92 Å². The number of aryl methyl sites for hydroxylation is 1. The molecule has 1 aromatic heterocycles. The van der Waals surface area contributed by atoms with E-state index in [9.17, 15) is 14.2 Å². The van der Waals surface area contributed by atoms with E-state index in [1.165, 1.54) is 10.8 Å². The Labute approximate surface area is 285 Å². The second kappa shape index (κ2) is 16.3. The molecular weight excluding hydrogens is 651 g/mol. The summed E-state index contributed by atoms with van der Waals surface area (Å²) in [4.78, 5) is 30.3. The lowest BCUT2D eigenvalue weighted by Gasteiger charge is -2.50. The largest absolute Gasteiger partial charge is 0.363 e. The number of hydrogen-bond donors (Lipinski definition) is 3. The molecule has 4 aromatic rings. The molecule has 3 aromatic carbocycles. The van der Waals surface area contributed by atoms with Crippen LogP contribution in [0.5, 0.6) is 0 Å². The molecule has 0 spiro atoms. The van der Waals surface area contributed by atoms with Crippen LogP contribution in [-0.4, -0.2) is 71.1 Å². The monoisotopic (exact) mass is 694 g/mol. The summed E-state index contributed by atoms with van der Waals surface area (Å²) in [5.41, 5.74) is 13.0. The van der Waals surface area contributed by atoms with Gasteiger partial charge in [-0.25, -0.2) is 9.46 Å². The molecule has 3 atom stereocenters. The van der Waals surface area contributed by atoms with Crippen LogP contribution in [0.4, 0.5) is 0 Å². The quantitative estimate of drug-likeness (QED) is 0.122. The molecule has 256 valence electrons. The highest BCUT2D eigenvalue weighted by atomic mass is 35.7. The van der Waals surface area contributed by atoms with Crippen molar-refractivity contribution in [2.75, 3.05) is 45.9 Å². The van der Waals surface area contributed by atoms with Gasteiger partial charge in [0.2, 0.25) is 0 Å². The SMILES string of the molecule is Cc1cn(C2CN(C(c3ccccc3)(c3ccccc3)c3ccccc3)CC(COP(=O)(Cl)N(CCCN)CCCN)O2)c(=O)[nH]c1=O. The van der Waals surface area contributed by atoms with Gasteiger partial charge in [0.25, 0.3) is 5.56 Å². The molecule has 0 bridgehead atoms. The van der Waals surface area contributed by atoms with Crippen LogP contribution in [0.15, 0.2) is 107 Å². The predicted octanol–water partition coefficient (Wildman–Crippen LogP) is 4.40. The first-order valence-corrected chi connectivity index (χ1v) is 18.7. The molecule has 0 radical (unpaired) electrons. The van der Waals surface area contributed by atoms with Gasteiger partial charge in [0.15, 0.2) is 6.23 Å². The number of nitrogens with two attached hydrogens (primary N) is 2. The summed E-state index contributed by atoms with van der Waals surface area (Å²) in [5, 5.41) is 0. The molecule has 11 nitrogen and oxygen atoms in total. The highest BCUT2D eigenvalue weighted by Gasteiger charge is 2.47. The van der Waals surface area contributed by atoms with Gasteiger partial charge in [0.1, 0.15) is 0 Å². The Hall–Kier alpha value is -3.38. The molecule has 1 fully saturated rings. The van der Waals surface area contributed by atoms with Gasteiger partial charge in [-0.05, 0) is 60.8 Å². The summed E-state index contributed by atoms with van der Waals surface area (Å²) in [6.07, 6.45) is 1.16. The zero-order valence-corrected chi connectivity index (χ0v) is 28.8. The number of rotatable bonds is 15. The smallest absolute Gasteiger partial charge is 0.350 e. The van der Waals surface area contributed by atoms with E-state index in [1.807, 2.05) is 54.6 Å². The third-order valence-corrected chi connectivity index (χ3v) is 11.1. The van der Waals surface area contributed by atoms with Crippen LogP contribution in [-0.2, 0) is 19.4 Å². The molecule has 1 aliphatic heterocycles. The van der Waals surface area contributed by atoms with Gasteiger partial charge < -0.3 is 20.7 Å². The number of morpholine rings is 1. The Morgan fingerprint density at radius 3 is 1.88 bits per heavy atom. The molecular formula is C35H44ClN6O5P. The molecule has 0 aliphatic carbocycles. The van der Waals surface area contributed by atoms with Crippen molar-refractivity contribution in [2.24, 2.45) is 11.5 Å². The number of H-pyrrole nitrogens is 1. The van der Waals surface area contributed by atoms with E-state index < -0.39 is 36.0 Å². The highest BCUT2D eigenvalue weighted by molar-refractivity contribution is 7.83. The van der Waals surface area contributed by atoms with E-state index in [4.69, 9.17) is 32.0 Å². The van der Waals surface area contributed by atoms with E-state index in [2.05, 4.69) is 46.3 Å². The maximum Gasteiger partial charge on any atom is 0.363 e. The predicted molar refractivity (Wildman–Crippen MR) is 189 cm³/mol. The molecule has 1 aliphatic rings. The lowest BCUT2D eigenvalue weighted by atomic mass is 9.75. The summed E-state index contributed by atoms with van der Waals surface area (Å²) in [5.74, 6) is 0. The molecule has 2 heterocycles. The Morgan fingerprint density at radius 1 is 0.896 bits per heavy atom. The van der Waals surface area contributed by atoms with Crippen LogP contribution < -0.4 is 22.7 Å². The zero-order chi connectivity index (χ0) is 34.1. The van der Waals surface area contributed by atoms with Crippen molar-refractivity contribution in [3.8, 4) is 0 Å². The Balaban J connectivity index is 1.62. The van der Waals surface area contributed by atoms with Crippen LogP contribution in [0.25, 0.3) is 0 Å². The van der Waals surface area contributed by atoms with Crippen molar-refractivity contribution in [2.45, 2.75) is 37.6 Å². The van der Waals surface area contributed by atoms with Gasteiger partial charge in [-0.15, -0.1) is 0 Å². The van der Waals surface area contributed by atoms with E-state index in [-0.39, 0.29) is 13.2 Å². The molecule has 13 heteroatoms. The van der Waals surface area contributed by atoms with Crippen LogP contribution in [0.2, 0.25) is 0 Å². The lowest BCUT2D eigenvalue weighted by Crippen LogP contribution is -2.58. The van der Waals surface area contributed by atoms with Crippen molar-refractivity contribution >= 4 is 18.1 Å². The fourth-order valence-corrected chi connectivity index (χ4v) is 8.27. The number of halogens is 1. The van der Waals surface area contributed by atoms with Gasteiger partial charge in [0.05, 0.1) is 18.2 Å². The second-order valence-corrected chi connectivity index (χ2v) is 14.9. The van der Waals surface area contributed by atoms with Crippen molar-refractivity contribution in [1.82, 2.24) is 19.1 Å². The molecule has 5 rings (SSSR count). The number of nitrogens with one attached hydrogen (secondary N) is 1. The van der Waals surface area contributed by atoms with Gasteiger partial charge in [-0.2, -0.15) is 0 Å².